The molecule has 0 bridgehead atoms. The van der Waals surface area contributed by atoms with Gasteiger partial charge in [0.1, 0.15) is 5.54 Å². The van der Waals surface area contributed by atoms with Gasteiger partial charge in [-0.3, -0.25) is 4.79 Å². The van der Waals surface area contributed by atoms with Gasteiger partial charge in [0.05, 0.1) is 17.0 Å². The highest BCUT2D eigenvalue weighted by Gasteiger charge is 2.59. The molecule has 0 aliphatic carbocycles. The van der Waals surface area contributed by atoms with Crippen LogP contribution in [0.4, 0.5) is 0 Å². The quantitative estimate of drug-likeness (QED) is 0.323. The van der Waals surface area contributed by atoms with Gasteiger partial charge in [-0.25, -0.2) is 8.42 Å². The number of carbonyl (C=O) groups is 1. The van der Waals surface area contributed by atoms with E-state index in [1.807, 2.05) is 37.3 Å². The summed E-state index contributed by atoms with van der Waals surface area (Å²) in [7, 11) is -3.95. The van der Waals surface area contributed by atoms with Crippen molar-refractivity contribution in [1.29, 1.82) is 0 Å². The second-order valence-electron chi connectivity index (χ2n) is 7.92. The van der Waals surface area contributed by atoms with E-state index in [4.69, 9.17) is 4.74 Å². The molecule has 0 radical (unpaired) electrons. The largest absolute Gasteiger partial charge is 0.462 e. The van der Waals surface area contributed by atoms with Crippen LogP contribution >= 0.6 is 22.6 Å². The maximum atomic E-state index is 13.8. The lowest BCUT2D eigenvalue weighted by molar-refractivity contribution is -0.157. The average molecular weight is 527 g/mol. The smallest absolute Gasteiger partial charge is 0.327 e. The standard InChI is InChI=1S/C22H26INO4S/c1-15(2)28-21(25)22(4)14-19(23)20(17-8-6-5-7-9-17)24(22)29(26,27)18-12-10-16(3)11-13-18/h5-13,15,19-20H,14H2,1-4H3/t19-,20+,22-/m1/s1. The monoisotopic (exact) mass is 527 g/mol. The Morgan fingerprint density at radius 2 is 1.72 bits per heavy atom. The molecule has 2 aromatic rings. The van der Waals surface area contributed by atoms with Gasteiger partial charge in [-0.05, 0) is 51.8 Å². The average Bonchev–Trinajstić information content (AvgIpc) is 2.94. The lowest BCUT2D eigenvalue weighted by Crippen LogP contribution is -2.52. The first-order chi connectivity index (χ1) is 13.6. The number of hydrogen-bond donors (Lipinski definition) is 0. The number of ether oxygens (including phenoxy) is 1. The Hall–Kier alpha value is -1.45. The van der Waals surface area contributed by atoms with Crippen LogP contribution in [0.2, 0.25) is 0 Å². The van der Waals surface area contributed by atoms with Crippen molar-refractivity contribution in [2.24, 2.45) is 0 Å². The zero-order chi connectivity index (χ0) is 21.4. The molecule has 1 heterocycles. The number of alkyl halides is 1. The Balaban J connectivity index is 2.18. The Morgan fingerprint density at radius 1 is 1.14 bits per heavy atom. The number of rotatable bonds is 5. The van der Waals surface area contributed by atoms with E-state index in [1.165, 1.54) is 4.31 Å². The van der Waals surface area contributed by atoms with Crippen LogP contribution in [0, 0.1) is 6.92 Å². The predicted octanol–water partition coefficient (Wildman–Crippen LogP) is 4.64. The molecule has 2 aromatic carbocycles. The number of hydrogen-bond acceptors (Lipinski definition) is 4. The number of nitrogens with zero attached hydrogens (tertiary/aromatic N) is 1. The molecular formula is C22H26INO4S. The molecule has 0 amide bonds. The van der Waals surface area contributed by atoms with E-state index in [0.717, 1.165) is 11.1 Å². The molecule has 29 heavy (non-hydrogen) atoms. The van der Waals surface area contributed by atoms with Gasteiger partial charge in [0, 0.05) is 3.92 Å². The molecule has 3 atom stereocenters. The number of benzene rings is 2. The molecule has 1 fully saturated rings. The Kier molecular flexibility index (Phi) is 6.41. The van der Waals surface area contributed by atoms with E-state index >= 15 is 0 Å². The van der Waals surface area contributed by atoms with Crippen LogP contribution in [-0.2, 0) is 19.6 Å². The van der Waals surface area contributed by atoms with Crippen molar-refractivity contribution in [3.8, 4) is 0 Å². The Morgan fingerprint density at radius 3 is 2.28 bits per heavy atom. The van der Waals surface area contributed by atoms with Crippen LogP contribution in [-0.4, -0.2) is 34.3 Å². The number of halogens is 1. The van der Waals surface area contributed by atoms with E-state index in [0.29, 0.717) is 6.42 Å². The molecule has 0 N–H and O–H groups in total. The fourth-order valence-electron chi connectivity index (χ4n) is 3.78. The summed E-state index contributed by atoms with van der Waals surface area (Å²) in [4.78, 5) is 13.3. The molecular weight excluding hydrogens is 501 g/mol. The number of carbonyl (C=O) groups excluding carboxylic acids is 1. The molecule has 0 aromatic heterocycles. The van der Waals surface area contributed by atoms with Crippen LogP contribution in [0.15, 0.2) is 59.5 Å². The van der Waals surface area contributed by atoms with Crippen LogP contribution < -0.4 is 0 Å². The van der Waals surface area contributed by atoms with E-state index in [-0.39, 0.29) is 14.9 Å². The normalized spacial score (nSPS) is 25.3. The molecule has 1 saturated heterocycles. The first kappa shape index (κ1) is 22.2. The number of esters is 1. The van der Waals surface area contributed by atoms with Crippen molar-refractivity contribution in [3.63, 3.8) is 0 Å². The third-order valence-corrected chi connectivity index (χ3v) is 8.31. The molecule has 0 unspecified atom stereocenters. The molecule has 0 saturated carbocycles. The van der Waals surface area contributed by atoms with Crippen molar-refractivity contribution in [3.05, 3.63) is 65.7 Å². The zero-order valence-electron chi connectivity index (χ0n) is 17.0. The van der Waals surface area contributed by atoms with Gasteiger partial charge in [-0.1, -0.05) is 70.6 Å². The van der Waals surface area contributed by atoms with E-state index in [2.05, 4.69) is 22.6 Å². The highest BCUT2D eigenvalue weighted by molar-refractivity contribution is 14.1. The minimum absolute atomic E-state index is 0.0834. The van der Waals surface area contributed by atoms with Crippen LogP contribution in [0.5, 0.6) is 0 Å². The fourth-order valence-corrected chi connectivity index (χ4v) is 7.55. The van der Waals surface area contributed by atoms with Gasteiger partial charge >= 0.3 is 5.97 Å². The molecule has 0 spiro atoms. The highest BCUT2D eigenvalue weighted by atomic mass is 127. The summed E-state index contributed by atoms with van der Waals surface area (Å²) in [5.41, 5.74) is 0.544. The van der Waals surface area contributed by atoms with E-state index in [9.17, 15) is 13.2 Å². The second-order valence-corrected chi connectivity index (χ2v) is 11.3. The molecule has 3 rings (SSSR count). The Labute approximate surface area is 186 Å². The maximum Gasteiger partial charge on any atom is 0.327 e. The summed E-state index contributed by atoms with van der Waals surface area (Å²) in [6, 6.07) is 15.8. The summed E-state index contributed by atoms with van der Waals surface area (Å²) in [5, 5.41) is 0. The van der Waals surface area contributed by atoms with Crippen molar-refractivity contribution in [1.82, 2.24) is 4.31 Å². The Bertz CT molecular complexity index is 976. The summed E-state index contributed by atoms with van der Waals surface area (Å²) in [6.45, 7) is 7.12. The maximum absolute atomic E-state index is 13.8. The van der Waals surface area contributed by atoms with Gasteiger partial charge < -0.3 is 4.74 Å². The van der Waals surface area contributed by atoms with E-state index < -0.39 is 27.6 Å². The minimum Gasteiger partial charge on any atom is -0.462 e. The van der Waals surface area contributed by atoms with Crippen molar-refractivity contribution in [2.45, 2.75) is 60.6 Å². The minimum atomic E-state index is -3.95. The van der Waals surface area contributed by atoms with Gasteiger partial charge in [-0.15, -0.1) is 0 Å². The third-order valence-electron chi connectivity index (χ3n) is 5.18. The van der Waals surface area contributed by atoms with Gasteiger partial charge in [0.25, 0.3) is 0 Å². The fraction of sp³-hybridized carbons (Fsp3) is 0.409. The van der Waals surface area contributed by atoms with Crippen molar-refractivity contribution in [2.75, 3.05) is 0 Å². The van der Waals surface area contributed by atoms with Crippen LogP contribution in [0.25, 0.3) is 0 Å². The summed E-state index contributed by atoms with van der Waals surface area (Å²) in [6.07, 6.45) is 0.0516. The number of aryl methyl sites for hydroxylation is 1. The summed E-state index contributed by atoms with van der Waals surface area (Å²) in [5.74, 6) is -0.511. The molecule has 7 heteroatoms. The van der Waals surface area contributed by atoms with Crippen molar-refractivity contribution < 1.29 is 17.9 Å². The summed E-state index contributed by atoms with van der Waals surface area (Å²) >= 11 is 2.26. The van der Waals surface area contributed by atoms with Gasteiger partial charge in [0.2, 0.25) is 10.0 Å². The van der Waals surface area contributed by atoms with Crippen LogP contribution in [0.1, 0.15) is 44.4 Å². The molecule has 156 valence electrons. The first-order valence-corrected chi connectivity index (χ1v) is 12.3. The molecule has 5 nitrogen and oxygen atoms in total. The first-order valence-electron chi connectivity index (χ1n) is 9.58. The zero-order valence-corrected chi connectivity index (χ0v) is 20.0. The number of sulfonamides is 1. The van der Waals surface area contributed by atoms with Gasteiger partial charge in [0.15, 0.2) is 0 Å². The lowest BCUT2D eigenvalue weighted by atomic mass is 10.00. The van der Waals surface area contributed by atoms with Crippen molar-refractivity contribution >= 4 is 38.6 Å². The van der Waals surface area contributed by atoms with Gasteiger partial charge in [-0.2, -0.15) is 4.31 Å². The highest BCUT2D eigenvalue weighted by Crippen LogP contribution is 2.50. The topological polar surface area (TPSA) is 63.7 Å². The van der Waals surface area contributed by atoms with E-state index in [1.54, 1.807) is 45.0 Å². The second kappa shape index (κ2) is 8.35. The third kappa shape index (κ3) is 4.22. The van der Waals surface area contributed by atoms with Crippen LogP contribution in [0.3, 0.4) is 0 Å². The molecule has 1 aliphatic heterocycles. The summed E-state index contributed by atoms with van der Waals surface area (Å²) < 4.78 is 34.4. The molecule has 1 aliphatic rings. The SMILES string of the molecule is Cc1ccc(S(=O)(=O)N2[C@@H](c3ccccc3)[C@H](I)C[C@]2(C)C(=O)OC(C)C)cc1. The predicted molar refractivity (Wildman–Crippen MR) is 121 cm³/mol. The lowest BCUT2D eigenvalue weighted by Gasteiger charge is -2.36.